The Morgan fingerprint density at radius 1 is 1.09 bits per heavy atom. The monoisotopic (exact) mass is 317 g/mol. The fourth-order valence-corrected chi connectivity index (χ4v) is 3.60. The number of aromatic nitrogens is 2. The number of sulfonamides is 1. The van der Waals surface area contributed by atoms with Gasteiger partial charge in [-0.1, -0.05) is 18.2 Å². The van der Waals surface area contributed by atoms with E-state index in [1.54, 1.807) is 26.2 Å². The lowest BCUT2D eigenvalue weighted by Gasteiger charge is -2.14. The molecular formula is C16H19N3O2S. The second-order valence-corrected chi connectivity index (χ2v) is 8.20. The van der Waals surface area contributed by atoms with Crippen LogP contribution in [-0.2, 0) is 22.9 Å². The fraction of sp³-hybridized carbons (Fsp3) is 0.375. The van der Waals surface area contributed by atoms with Gasteiger partial charge in [0.05, 0.1) is 5.25 Å². The molecule has 1 aliphatic rings. The van der Waals surface area contributed by atoms with Crippen molar-refractivity contribution < 1.29 is 8.42 Å². The van der Waals surface area contributed by atoms with Crippen LogP contribution in [0.2, 0.25) is 0 Å². The van der Waals surface area contributed by atoms with Gasteiger partial charge in [-0.2, -0.15) is 0 Å². The summed E-state index contributed by atoms with van der Waals surface area (Å²) in [6.45, 7) is 3.38. The molecule has 116 valence electrons. The number of fused-ring (bicyclic) bond motifs is 1. The first-order chi connectivity index (χ1) is 10.5. The average Bonchev–Trinajstić information content (AvgIpc) is 2.88. The van der Waals surface area contributed by atoms with Crippen molar-refractivity contribution in [1.29, 1.82) is 0 Å². The lowest BCUT2D eigenvalue weighted by Crippen LogP contribution is -2.39. The summed E-state index contributed by atoms with van der Waals surface area (Å²) in [7, 11) is -3.23. The van der Waals surface area contributed by atoms with Gasteiger partial charge >= 0.3 is 0 Å². The molecular weight excluding hydrogens is 298 g/mol. The molecule has 2 aromatic rings. The summed E-state index contributed by atoms with van der Waals surface area (Å²) in [5.74, 6) is 0. The first-order valence-electron chi connectivity index (χ1n) is 7.34. The Balaban J connectivity index is 1.80. The fourth-order valence-electron chi connectivity index (χ4n) is 2.70. The summed E-state index contributed by atoms with van der Waals surface area (Å²) < 4.78 is 26.8. The molecule has 1 aromatic carbocycles. The van der Waals surface area contributed by atoms with Crippen molar-refractivity contribution in [2.24, 2.45) is 0 Å². The van der Waals surface area contributed by atoms with Gasteiger partial charge < -0.3 is 0 Å². The van der Waals surface area contributed by atoms with Gasteiger partial charge in [-0.15, -0.1) is 0 Å². The third-order valence-electron chi connectivity index (χ3n) is 3.98. The van der Waals surface area contributed by atoms with E-state index in [0.717, 1.165) is 24.0 Å². The zero-order valence-corrected chi connectivity index (χ0v) is 13.5. The van der Waals surface area contributed by atoms with E-state index in [4.69, 9.17) is 0 Å². The average molecular weight is 317 g/mol. The summed E-state index contributed by atoms with van der Waals surface area (Å²) in [4.78, 5) is 8.07. The summed E-state index contributed by atoms with van der Waals surface area (Å²) in [6, 6.07) is 6.17. The quantitative estimate of drug-likeness (QED) is 0.935. The summed E-state index contributed by atoms with van der Waals surface area (Å²) >= 11 is 0. The predicted octanol–water partition coefficient (Wildman–Crippen LogP) is 1.94. The topological polar surface area (TPSA) is 72.0 Å². The Hall–Kier alpha value is -1.79. The molecule has 22 heavy (non-hydrogen) atoms. The molecule has 0 fully saturated rings. The molecule has 1 aliphatic carbocycles. The molecule has 0 radical (unpaired) electrons. The van der Waals surface area contributed by atoms with Gasteiger partial charge in [0.2, 0.25) is 10.0 Å². The third kappa shape index (κ3) is 3.03. The van der Waals surface area contributed by atoms with Crippen LogP contribution in [0.5, 0.6) is 0 Å². The Kier molecular flexibility index (Phi) is 3.97. The number of benzene rings is 1. The molecule has 0 spiro atoms. The maximum Gasteiger partial charge on any atom is 0.214 e. The summed E-state index contributed by atoms with van der Waals surface area (Å²) in [5, 5.41) is -0.409. The highest BCUT2D eigenvalue weighted by molar-refractivity contribution is 7.90. The van der Waals surface area contributed by atoms with Crippen molar-refractivity contribution in [2.45, 2.75) is 38.0 Å². The lowest BCUT2D eigenvalue weighted by atomic mass is 10.0. The first kappa shape index (κ1) is 15.1. The number of hydrogen-bond acceptors (Lipinski definition) is 4. The van der Waals surface area contributed by atoms with Gasteiger partial charge in [-0.25, -0.2) is 23.1 Å². The first-order valence-corrected chi connectivity index (χ1v) is 8.88. The third-order valence-corrected chi connectivity index (χ3v) is 5.89. The van der Waals surface area contributed by atoms with Crippen LogP contribution in [-0.4, -0.2) is 29.7 Å². The number of hydrogen-bond donors (Lipinski definition) is 1. The van der Waals surface area contributed by atoms with E-state index >= 15 is 0 Å². The van der Waals surface area contributed by atoms with Crippen molar-refractivity contribution in [1.82, 2.24) is 14.7 Å². The Morgan fingerprint density at radius 3 is 2.45 bits per heavy atom. The molecule has 1 heterocycles. The molecule has 1 N–H and O–H groups in total. The highest BCUT2D eigenvalue weighted by Crippen LogP contribution is 2.28. The maximum absolute atomic E-state index is 12.0. The van der Waals surface area contributed by atoms with E-state index in [1.165, 1.54) is 17.5 Å². The van der Waals surface area contributed by atoms with Crippen molar-refractivity contribution in [3.8, 4) is 11.1 Å². The molecule has 1 atom stereocenters. The zero-order chi connectivity index (χ0) is 15.7. The normalized spacial score (nSPS) is 17.7. The van der Waals surface area contributed by atoms with Gasteiger partial charge in [0.15, 0.2) is 0 Å². The van der Waals surface area contributed by atoms with Crippen LogP contribution in [0.25, 0.3) is 11.1 Å². The van der Waals surface area contributed by atoms with Gasteiger partial charge in [0.1, 0.15) is 6.33 Å². The van der Waals surface area contributed by atoms with Crippen LogP contribution < -0.4 is 4.72 Å². The summed E-state index contributed by atoms with van der Waals surface area (Å²) in [5.41, 5.74) is 4.43. The molecule has 6 heteroatoms. The minimum Gasteiger partial charge on any atom is -0.244 e. The second kappa shape index (κ2) is 5.78. The van der Waals surface area contributed by atoms with Crippen molar-refractivity contribution in [3.05, 3.63) is 48.0 Å². The Bertz CT molecular complexity index is 773. The lowest BCUT2D eigenvalue weighted by molar-refractivity contribution is 0.547. The van der Waals surface area contributed by atoms with Gasteiger partial charge in [0, 0.05) is 24.0 Å². The molecule has 5 nitrogen and oxygen atoms in total. The van der Waals surface area contributed by atoms with E-state index in [2.05, 4.69) is 26.8 Å². The maximum atomic E-state index is 12.0. The van der Waals surface area contributed by atoms with Gasteiger partial charge in [0.25, 0.3) is 0 Å². The largest absolute Gasteiger partial charge is 0.244 e. The van der Waals surface area contributed by atoms with Crippen LogP contribution in [0.3, 0.4) is 0 Å². The van der Waals surface area contributed by atoms with Crippen molar-refractivity contribution >= 4 is 10.0 Å². The van der Waals surface area contributed by atoms with Crippen LogP contribution >= 0.6 is 0 Å². The minimum atomic E-state index is -3.23. The smallest absolute Gasteiger partial charge is 0.214 e. The molecule has 3 rings (SSSR count). The highest BCUT2D eigenvalue weighted by atomic mass is 32.2. The standard InChI is InChI=1S/C16H19N3O2S/c1-11(2)22(20,21)19-16-6-13-4-3-12(5-14(13)7-16)15-8-17-10-18-9-15/h3-5,8-11,16,19H,6-7H2,1-2H3. The van der Waals surface area contributed by atoms with Crippen LogP contribution in [0.1, 0.15) is 25.0 Å². The number of nitrogens with one attached hydrogen (secondary N) is 1. The van der Waals surface area contributed by atoms with Crippen molar-refractivity contribution in [2.75, 3.05) is 0 Å². The van der Waals surface area contributed by atoms with Crippen molar-refractivity contribution in [3.63, 3.8) is 0 Å². The molecule has 0 saturated heterocycles. The molecule has 0 aliphatic heterocycles. The van der Waals surface area contributed by atoms with E-state index < -0.39 is 15.3 Å². The molecule has 1 aromatic heterocycles. The summed E-state index contributed by atoms with van der Waals surface area (Å²) in [6.07, 6.45) is 6.54. The molecule has 1 unspecified atom stereocenters. The molecule has 0 saturated carbocycles. The van der Waals surface area contributed by atoms with Gasteiger partial charge in [-0.3, -0.25) is 0 Å². The highest BCUT2D eigenvalue weighted by Gasteiger charge is 2.27. The number of rotatable bonds is 4. The second-order valence-electron chi connectivity index (χ2n) is 5.93. The van der Waals surface area contributed by atoms with Gasteiger partial charge in [-0.05, 0) is 43.4 Å². The Morgan fingerprint density at radius 2 is 1.77 bits per heavy atom. The van der Waals surface area contributed by atoms with E-state index in [-0.39, 0.29) is 6.04 Å². The van der Waals surface area contributed by atoms with E-state index in [9.17, 15) is 8.42 Å². The minimum absolute atomic E-state index is 0.0512. The SMILES string of the molecule is CC(C)S(=O)(=O)NC1Cc2ccc(-c3cncnc3)cc2C1. The van der Waals surface area contributed by atoms with Crippen LogP contribution in [0.15, 0.2) is 36.9 Å². The zero-order valence-electron chi connectivity index (χ0n) is 12.7. The van der Waals surface area contributed by atoms with E-state index in [1.807, 2.05) is 6.07 Å². The van der Waals surface area contributed by atoms with E-state index in [0.29, 0.717) is 0 Å². The Labute approximate surface area is 130 Å². The predicted molar refractivity (Wildman–Crippen MR) is 85.9 cm³/mol. The number of nitrogens with zero attached hydrogens (tertiary/aromatic N) is 2. The van der Waals surface area contributed by atoms with Crippen LogP contribution in [0, 0.1) is 0 Å². The molecule has 0 amide bonds. The molecule has 0 bridgehead atoms. The van der Waals surface area contributed by atoms with Crippen LogP contribution in [0.4, 0.5) is 0 Å².